The summed E-state index contributed by atoms with van der Waals surface area (Å²) >= 11 is 5.75. The minimum atomic E-state index is -0.804. The van der Waals surface area contributed by atoms with E-state index in [1.54, 1.807) is 17.0 Å². The van der Waals surface area contributed by atoms with Gasteiger partial charge < -0.3 is 10.0 Å². The van der Waals surface area contributed by atoms with E-state index in [-0.39, 0.29) is 18.4 Å². The Morgan fingerprint density at radius 3 is 2.60 bits per heavy atom. The van der Waals surface area contributed by atoms with Crippen LogP contribution in [0.15, 0.2) is 18.3 Å². The van der Waals surface area contributed by atoms with Crippen molar-refractivity contribution in [2.75, 3.05) is 13.1 Å². The lowest BCUT2D eigenvalue weighted by atomic mass is 9.92. The molecule has 5 nitrogen and oxygen atoms in total. The van der Waals surface area contributed by atoms with E-state index in [1.165, 1.54) is 6.20 Å². The van der Waals surface area contributed by atoms with E-state index < -0.39 is 11.9 Å². The smallest absolute Gasteiger partial charge is 0.308 e. The number of pyridine rings is 1. The highest BCUT2D eigenvalue weighted by Crippen LogP contribution is 2.44. The maximum atomic E-state index is 12.3. The van der Waals surface area contributed by atoms with E-state index in [0.717, 1.165) is 12.8 Å². The Hall–Kier alpha value is -1.62. The van der Waals surface area contributed by atoms with Crippen LogP contribution in [-0.4, -0.2) is 40.0 Å². The van der Waals surface area contributed by atoms with Crippen molar-refractivity contribution in [1.82, 2.24) is 9.88 Å². The Balaban J connectivity index is 1.76. The number of carbonyl (C=O) groups excluding carboxylic acids is 1. The second kappa shape index (κ2) is 5.05. The van der Waals surface area contributed by atoms with Gasteiger partial charge in [-0.1, -0.05) is 11.6 Å². The molecule has 0 unspecified atom stereocenters. The summed E-state index contributed by atoms with van der Waals surface area (Å²) in [6, 6.07) is 3.19. The number of aliphatic carboxylic acids is 1. The number of carboxylic acid groups (broad SMARTS) is 1. The number of amides is 1. The topological polar surface area (TPSA) is 70.5 Å². The number of hydrogen-bond donors (Lipinski definition) is 1. The number of rotatable bonds is 3. The van der Waals surface area contributed by atoms with Crippen LogP contribution in [-0.2, 0) is 4.79 Å². The van der Waals surface area contributed by atoms with E-state index in [4.69, 9.17) is 11.6 Å². The van der Waals surface area contributed by atoms with E-state index in [1.807, 2.05) is 0 Å². The van der Waals surface area contributed by atoms with Crippen LogP contribution in [0.1, 0.15) is 23.3 Å². The molecule has 6 heteroatoms. The lowest BCUT2D eigenvalue weighted by Gasteiger charge is -2.15. The highest BCUT2D eigenvalue weighted by Gasteiger charge is 2.47. The first-order valence-electron chi connectivity index (χ1n) is 6.70. The summed E-state index contributed by atoms with van der Waals surface area (Å²) in [5, 5.41) is 9.77. The molecule has 1 aromatic rings. The molecule has 1 saturated heterocycles. The molecule has 1 aliphatic carbocycles. The van der Waals surface area contributed by atoms with Crippen molar-refractivity contribution in [1.29, 1.82) is 0 Å². The molecule has 2 atom stereocenters. The molecule has 1 aliphatic heterocycles. The fourth-order valence-corrected chi connectivity index (χ4v) is 3.03. The van der Waals surface area contributed by atoms with Gasteiger partial charge in [0, 0.05) is 19.3 Å². The van der Waals surface area contributed by atoms with Crippen LogP contribution < -0.4 is 0 Å². The largest absolute Gasteiger partial charge is 0.481 e. The number of carbonyl (C=O) groups is 2. The second-order valence-electron chi connectivity index (χ2n) is 5.52. The average molecular weight is 295 g/mol. The molecule has 1 amide bonds. The Morgan fingerprint density at radius 1 is 1.30 bits per heavy atom. The number of aromatic nitrogens is 1. The minimum absolute atomic E-state index is 0.0868. The van der Waals surface area contributed by atoms with Gasteiger partial charge >= 0.3 is 5.97 Å². The SMILES string of the molecule is O=C(O)[C@H]1CN(C(=O)c2ccc(Cl)cn2)C[C@@H]1C1CC1. The summed E-state index contributed by atoms with van der Waals surface area (Å²) in [5.41, 5.74) is 0.315. The third kappa shape index (κ3) is 2.50. The molecule has 20 heavy (non-hydrogen) atoms. The molecule has 1 aromatic heterocycles. The summed E-state index contributed by atoms with van der Waals surface area (Å²) in [6.45, 7) is 0.796. The van der Waals surface area contributed by atoms with Crippen LogP contribution in [0.4, 0.5) is 0 Å². The fourth-order valence-electron chi connectivity index (χ4n) is 2.92. The van der Waals surface area contributed by atoms with Gasteiger partial charge in [0.15, 0.2) is 0 Å². The van der Waals surface area contributed by atoms with Gasteiger partial charge in [-0.05, 0) is 36.8 Å². The van der Waals surface area contributed by atoms with E-state index in [0.29, 0.717) is 23.2 Å². The lowest BCUT2D eigenvalue weighted by Crippen LogP contribution is -2.30. The lowest BCUT2D eigenvalue weighted by molar-refractivity contribution is -0.142. The highest BCUT2D eigenvalue weighted by molar-refractivity contribution is 6.30. The molecule has 2 aliphatic rings. The van der Waals surface area contributed by atoms with Gasteiger partial charge in [-0.15, -0.1) is 0 Å². The van der Waals surface area contributed by atoms with Gasteiger partial charge in [-0.25, -0.2) is 4.98 Å². The highest BCUT2D eigenvalue weighted by atomic mass is 35.5. The third-order valence-electron chi connectivity index (χ3n) is 4.14. The molecule has 1 N–H and O–H groups in total. The van der Waals surface area contributed by atoms with Crippen LogP contribution in [0.25, 0.3) is 0 Å². The van der Waals surface area contributed by atoms with Crippen LogP contribution in [0.2, 0.25) is 5.02 Å². The van der Waals surface area contributed by atoms with Gasteiger partial charge in [-0.3, -0.25) is 9.59 Å². The van der Waals surface area contributed by atoms with E-state index >= 15 is 0 Å². The monoisotopic (exact) mass is 294 g/mol. The first-order chi connectivity index (χ1) is 9.56. The fraction of sp³-hybridized carbons (Fsp3) is 0.500. The van der Waals surface area contributed by atoms with Crippen molar-refractivity contribution < 1.29 is 14.7 Å². The van der Waals surface area contributed by atoms with Crippen molar-refractivity contribution in [3.8, 4) is 0 Å². The molecule has 106 valence electrons. The zero-order chi connectivity index (χ0) is 14.3. The van der Waals surface area contributed by atoms with E-state index in [2.05, 4.69) is 4.98 Å². The zero-order valence-corrected chi connectivity index (χ0v) is 11.6. The molecule has 3 rings (SSSR count). The first-order valence-corrected chi connectivity index (χ1v) is 7.07. The summed E-state index contributed by atoms with van der Waals surface area (Å²) in [7, 11) is 0. The molecular formula is C14H15ClN2O3. The third-order valence-corrected chi connectivity index (χ3v) is 4.37. The number of hydrogen-bond acceptors (Lipinski definition) is 3. The first kappa shape index (κ1) is 13.4. The molecule has 0 bridgehead atoms. The quantitative estimate of drug-likeness (QED) is 0.924. The summed E-state index contributed by atoms with van der Waals surface area (Å²) in [4.78, 5) is 29.3. The van der Waals surface area contributed by atoms with Crippen molar-refractivity contribution >= 4 is 23.5 Å². The van der Waals surface area contributed by atoms with Crippen molar-refractivity contribution in [2.24, 2.45) is 17.8 Å². The second-order valence-corrected chi connectivity index (χ2v) is 5.95. The maximum absolute atomic E-state index is 12.3. The summed E-state index contributed by atoms with van der Waals surface area (Å²) in [6.07, 6.45) is 3.59. The average Bonchev–Trinajstić information content (AvgIpc) is 3.17. The van der Waals surface area contributed by atoms with Gasteiger partial charge in [0.1, 0.15) is 5.69 Å². The van der Waals surface area contributed by atoms with Crippen LogP contribution in [0, 0.1) is 17.8 Å². The summed E-state index contributed by atoms with van der Waals surface area (Å²) in [5.74, 6) is -0.910. The normalized spacial score (nSPS) is 25.8. The van der Waals surface area contributed by atoms with Crippen LogP contribution in [0.3, 0.4) is 0 Å². The van der Waals surface area contributed by atoms with Crippen molar-refractivity contribution in [3.63, 3.8) is 0 Å². The Morgan fingerprint density at radius 2 is 2.05 bits per heavy atom. The molecule has 2 fully saturated rings. The van der Waals surface area contributed by atoms with E-state index in [9.17, 15) is 14.7 Å². The summed E-state index contributed by atoms with van der Waals surface area (Å²) < 4.78 is 0. The number of likely N-dealkylation sites (tertiary alicyclic amines) is 1. The van der Waals surface area contributed by atoms with Gasteiger partial charge in [0.25, 0.3) is 5.91 Å². The Labute approximate surface area is 121 Å². The van der Waals surface area contributed by atoms with Gasteiger partial charge in [0.2, 0.25) is 0 Å². The predicted octanol–water partition coefficient (Wildman–Crippen LogP) is 1.92. The number of nitrogens with zero attached hydrogens (tertiary/aromatic N) is 2. The van der Waals surface area contributed by atoms with Crippen LogP contribution >= 0.6 is 11.6 Å². The Bertz CT molecular complexity index is 542. The van der Waals surface area contributed by atoms with Crippen LogP contribution in [0.5, 0.6) is 0 Å². The molecule has 2 heterocycles. The molecule has 0 aromatic carbocycles. The van der Waals surface area contributed by atoms with Gasteiger partial charge in [0.05, 0.1) is 10.9 Å². The molecule has 0 radical (unpaired) electrons. The molecule has 1 saturated carbocycles. The van der Waals surface area contributed by atoms with Gasteiger partial charge in [-0.2, -0.15) is 0 Å². The Kier molecular flexibility index (Phi) is 3.38. The molecule has 0 spiro atoms. The number of halogens is 1. The van der Waals surface area contributed by atoms with Crippen molar-refractivity contribution in [3.05, 3.63) is 29.0 Å². The molecular weight excluding hydrogens is 280 g/mol. The minimum Gasteiger partial charge on any atom is -0.481 e. The number of carboxylic acids is 1. The zero-order valence-electron chi connectivity index (χ0n) is 10.8. The standard InChI is InChI=1S/C14H15ClN2O3/c15-9-3-4-12(16-5-9)13(18)17-6-10(8-1-2-8)11(7-17)14(19)20/h3-5,8,10-11H,1-2,6-7H2,(H,19,20)/t10-,11+/m1/s1. The predicted molar refractivity (Wildman–Crippen MR) is 72.5 cm³/mol. The maximum Gasteiger partial charge on any atom is 0.308 e. The van der Waals surface area contributed by atoms with Crippen molar-refractivity contribution in [2.45, 2.75) is 12.8 Å².